The molecule has 0 aromatic heterocycles. The first-order valence-corrected chi connectivity index (χ1v) is 7.79. The van der Waals surface area contributed by atoms with Gasteiger partial charge in [-0.1, -0.05) is 42.8 Å². The van der Waals surface area contributed by atoms with Crippen LogP contribution in [-0.2, 0) is 0 Å². The van der Waals surface area contributed by atoms with E-state index in [1.165, 1.54) is 30.0 Å². The summed E-state index contributed by atoms with van der Waals surface area (Å²) in [5.41, 5.74) is 0. The van der Waals surface area contributed by atoms with Gasteiger partial charge in [-0.2, -0.15) is 0 Å². The normalized spacial score (nSPS) is 29.3. The third kappa shape index (κ3) is 2.29. The van der Waals surface area contributed by atoms with Gasteiger partial charge in [-0.15, -0.1) is 0 Å². The highest BCUT2D eigenvalue weighted by molar-refractivity contribution is 5.88. The Kier molecular flexibility index (Phi) is 3.12. The highest BCUT2D eigenvalue weighted by Crippen LogP contribution is 2.31. The van der Waals surface area contributed by atoms with E-state index in [0.717, 1.165) is 18.6 Å². The van der Waals surface area contributed by atoms with Gasteiger partial charge in [0.15, 0.2) is 0 Å². The van der Waals surface area contributed by atoms with E-state index in [0.29, 0.717) is 18.2 Å². The Hall–Kier alpha value is -1.54. The molecule has 1 unspecified atom stereocenters. The molecule has 20 heavy (non-hydrogen) atoms. The fourth-order valence-electron chi connectivity index (χ4n) is 3.79. The smallest absolute Gasteiger partial charge is 0.127 e. The number of benzene rings is 2. The van der Waals surface area contributed by atoms with E-state index in [9.17, 15) is 0 Å². The number of rotatable bonds is 2. The van der Waals surface area contributed by atoms with Crippen molar-refractivity contribution in [2.45, 2.75) is 50.3 Å². The van der Waals surface area contributed by atoms with Crippen LogP contribution in [0.3, 0.4) is 0 Å². The summed E-state index contributed by atoms with van der Waals surface area (Å²) in [7, 11) is 0. The van der Waals surface area contributed by atoms with Crippen molar-refractivity contribution >= 4 is 10.8 Å². The summed E-state index contributed by atoms with van der Waals surface area (Å²) in [6.07, 6.45) is 6.68. The van der Waals surface area contributed by atoms with Crippen LogP contribution >= 0.6 is 0 Å². The zero-order valence-corrected chi connectivity index (χ0v) is 11.7. The van der Waals surface area contributed by atoms with E-state index in [4.69, 9.17) is 4.74 Å². The van der Waals surface area contributed by atoms with Crippen LogP contribution in [0.2, 0.25) is 0 Å². The number of fused-ring (bicyclic) bond motifs is 3. The Labute approximate surface area is 120 Å². The van der Waals surface area contributed by atoms with Gasteiger partial charge >= 0.3 is 0 Å². The van der Waals surface area contributed by atoms with Gasteiger partial charge in [0.05, 0.1) is 0 Å². The van der Waals surface area contributed by atoms with E-state index in [-0.39, 0.29) is 0 Å². The molecule has 0 saturated carbocycles. The predicted octanol–water partition coefficient (Wildman–Crippen LogP) is 3.89. The fourth-order valence-corrected chi connectivity index (χ4v) is 3.79. The average molecular weight is 267 g/mol. The summed E-state index contributed by atoms with van der Waals surface area (Å²) >= 11 is 0. The van der Waals surface area contributed by atoms with Gasteiger partial charge in [0, 0.05) is 17.5 Å². The largest absolute Gasteiger partial charge is 0.490 e. The first-order valence-electron chi connectivity index (χ1n) is 7.79. The third-order valence-corrected chi connectivity index (χ3v) is 4.71. The quantitative estimate of drug-likeness (QED) is 0.891. The maximum absolute atomic E-state index is 6.36. The van der Waals surface area contributed by atoms with Crippen molar-refractivity contribution in [1.29, 1.82) is 0 Å². The van der Waals surface area contributed by atoms with E-state index >= 15 is 0 Å². The molecule has 2 fully saturated rings. The molecule has 0 radical (unpaired) electrons. The minimum Gasteiger partial charge on any atom is -0.490 e. The SMILES string of the molecule is c1ccc2c(OC3C[C@H]4CCC[C@@H](C3)N4)cccc2c1. The summed E-state index contributed by atoms with van der Waals surface area (Å²) in [5, 5.41) is 6.22. The van der Waals surface area contributed by atoms with Gasteiger partial charge in [-0.05, 0) is 37.1 Å². The first-order chi connectivity index (χ1) is 9.88. The molecule has 2 aliphatic heterocycles. The molecule has 4 rings (SSSR count). The number of nitrogens with one attached hydrogen (secondary N) is 1. The van der Waals surface area contributed by atoms with Crippen LogP contribution < -0.4 is 10.1 Å². The van der Waals surface area contributed by atoms with Crippen molar-refractivity contribution in [3.63, 3.8) is 0 Å². The molecule has 2 aromatic carbocycles. The molecule has 1 N–H and O–H groups in total. The molecule has 2 heteroatoms. The van der Waals surface area contributed by atoms with E-state index in [1.807, 2.05) is 0 Å². The predicted molar refractivity (Wildman–Crippen MR) is 82.2 cm³/mol. The first kappa shape index (κ1) is 12.2. The molecule has 104 valence electrons. The van der Waals surface area contributed by atoms with Gasteiger partial charge in [-0.25, -0.2) is 0 Å². The monoisotopic (exact) mass is 267 g/mol. The summed E-state index contributed by atoms with van der Waals surface area (Å²) in [6.45, 7) is 0. The molecule has 2 heterocycles. The van der Waals surface area contributed by atoms with Crippen molar-refractivity contribution in [3.05, 3.63) is 42.5 Å². The Morgan fingerprint density at radius 1 is 0.900 bits per heavy atom. The third-order valence-electron chi connectivity index (χ3n) is 4.71. The van der Waals surface area contributed by atoms with Crippen molar-refractivity contribution in [2.75, 3.05) is 0 Å². The Balaban J connectivity index is 1.58. The molecule has 3 atom stereocenters. The molecule has 2 saturated heterocycles. The summed E-state index contributed by atoms with van der Waals surface area (Å²) in [6, 6.07) is 16.2. The van der Waals surface area contributed by atoms with Gasteiger partial charge < -0.3 is 10.1 Å². The molecule has 2 nitrogen and oxygen atoms in total. The molecule has 0 aliphatic carbocycles. The number of hydrogen-bond donors (Lipinski definition) is 1. The molecular weight excluding hydrogens is 246 g/mol. The Morgan fingerprint density at radius 2 is 1.65 bits per heavy atom. The fraction of sp³-hybridized carbons (Fsp3) is 0.444. The minimum atomic E-state index is 0.373. The lowest BCUT2D eigenvalue weighted by molar-refractivity contribution is 0.0940. The maximum Gasteiger partial charge on any atom is 0.127 e. The standard InChI is InChI=1S/C18H21NO/c1-2-9-17-13(5-1)6-3-10-18(17)20-16-11-14-7-4-8-15(12-16)19-14/h1-3,5-6,9-10,14-16,19H,4,7-8,11-12H2/t14-,15+,16?. The van der Waals surface area contributed by atoms with E-state index in [1.54, 1.807) is 0 Å². The second-order valence-corrected chi connectivity index (χ2v) is 6.18. The second-order valence-electron chi connectivity index (χ2n) is 6.18. The summed E-state index contributed by atoms with van der Waals surface area (Å²) in [4.78, 5) is 0. The highest BCUT2D eigenvalue weighted by atomic mass is 16.5. The molecule has 0 spiro atoms. The van der Waals surface area contributed by atoms with Crippen molar-refractivity contribution < 1.29 is 4.74 Å². The van der Waals surface area contributed by atoms with Crippen LogP contribution in [0.5, 0.6) is 5.75 Å². The average Bonchev–Trinajstić information content (AvgIpc) is 2.47. The van der Waals surface area contributed by atoms with Gasteiger partial charge in [0.1, 0.15) is 11.9 Å². The van der Waals surface area contributed by atoms with Crippen molar-refractivity contribution in [1.82, 2.24) is 5.32 Å². The number of hydrogen-bond acceptors (Lipinski definition) is 2. The van der Waals surface area contributed by atoms with Gasteiger partial charge in [-0.3, -0.25) is 0 Å². The molecule has 0 amide bonds. The zero-order valence-electron chi connectivity index (χ0n) is 11.7. The van der Waals surface area contributed by atoms with Crippen LogP contribution in [0.4, 0.5) is 0 Å². The lowest BCUT2D eigenvalue weighted by atomic mass is 9.85. The lowest BCUT2D eigenvalue weighted by Crippen LogP contribution is -2.51. The Morgan fingerprint density at radius 3 is 2.50 bits per heavy atom. The van der Waals surface area contributed by atoms with E-state index < -0.39 is 0 Å². The number of piperidine rings is 2. The van der Waals surface area contributed by atoms with Crippen LogP contribution in [0.25, 0.3) is 10.8 Å². The van der Waals surface area contributed by atoms with Crippen molar-refractivity contribution in [2.24, 2.45) is 0 Å². The molecule has 2 aromatic rings. The molecular formula is C18H21NO. The van der Waals surface area contributed by atoms with Crippen LogP contribution in [0.15, 0.2) is 42.5 Å². The Bertz CT molecular complexity index is 592. The number of ether oxygens (including phenoxy) is 1. The van der Waals surface area contributed by atoms with Gasteiger partial charge in [0.2, 0.25) is 0 Å². The highest BCUT2D eigenvalue weighted by Gasteiger charge is 2.32. The van der Waals surface area contributed by atoms with Gasteiger partial charge in [0.25, 0.3) is 0 Å². The maximum atomic E-state index is 6.36. The molecule has 2 bridgehead atoms. The van der Waals surface area contributed by atoms with Crippen LogP contribution in [0, 0.1) is 0 Å². The summed E-state index contributed by atoms with van der Waals surface area (Å²) in [5.74, 6) is 1.05. The minimum absolute atomic E-state index is 0.373. The van der Waals surface area contributed by atoms with E-state index in [2.05, 4.69) is 47.8 Å². The molecule has 2 aliphatic rings. The second kappa shape index (κ2) is 5.10. The zero-order chi connectivity index (χ0) is 13.4. The topological polar surface area (TPSA) is 21.3 Å². The van der Waals surface area contributed by atoms with Crippen molar-refractivity contribution in [3.8, 4) is 5.75 Å². The van der Waals surface area contributed by atoms with Crippen LogP contribution in [0.1, 0.15) is 32.1 Å². The lowest BCUT2D eigenvalue weighted by Gasteiger charge is -2.40. The summed E-state index contributed by atoms with van der Waals surface area (Å²) < 4.78 is 6.36. The van der Waals surface area contributed by atoms with Crippen LogP contribution in [-0.4, -0.2) is 18.2 Å².